The molecule has 0 saturated carbocycles. The number of nitrogens with zero attached hydrogens (tertiary/aromatic N) is 1. The molecule has 0 aliphatic carbocycles. The van der Waals surface area contributed by atoms with Gasteiger partial charge in [-0.15, -0.1) is 0 Å². The SMILES string of the molecule is COC(=O)/C=C/C(=O)OCC(C)(C)C(=O)C(=O)N1CCC[C@H]1C(C)=O. The second-order valence-electron chi connectivity index (χ2n) is 6.44. The van der Waals surface area contributed by atoms with Crippen LogP contribution < -0.4 is 0 Å². The first-order chi connectivity index (χ1) is 11.6. The first kappa shape index (κ1) is 20.5. The summed E-state index contributed by atoms with van der Waals surface area (Å²) in [5.41, 5.74) is -1.25. The topological polar surface area (TPSA) is 107 Å². The standard InChI is InChI=1S/C17H23NO7/c1-11(19)12-6-5-9-18(12)16(23)15(22)17(2,3)10-25-14(21)8-7-13(20)24-4/h7-8,12H,5-6,9-10H2,1-4H3/b8-7+/t12-/m0/s1. The maximum atomic E-state index is 12.5. The predicted molar refractivity (Wildman–Crippen MR) is 86.3 cm³/mol. The van der Waals surface area contributed by atoms with E-state index in [0.717, 1.165) is 19.3 Å². The molecule has 0 N–H and O–H groups in total. The summed E-state index contributed by atoms with van der Waals surface area (Å²) in [4.78, 5) is 60.2. The van der Waals surface area contributed by atoms with Crippen molar-refractivity contribution in [1.29, 1.82) is 0 Å². The van der Waals surface area contributed by atoms with Crippen LogP contribution in [-0.2, 0) is 33.4 Å². The van der Waals surface area contributed by atoms with Gasteiger partial charge >= 0.3 is 11.9 Å². The van der Waals surface area contributed by atoms with Crippen molar-refractivity contribution in [2.75, 3.05) is 20.3 Å². The minimum atomic E-state index is -1.25. The maximum absolute atomic E-state index is 12.5. The van der Waals surface area contributed by atoms with Crippen LogP contribution in [0.5, 0.6) is 0 Å². The molecule has 1 aliphatic heterocycles. The number of esters is 2. The van der Waals surface area contributed by atoms with Gasteiger partial charge in [-0.05, 0) is 33.6 Å². The number of amides is 1. The molecule has 1 aliphatic rings. The van der Waals surface area contributed by atoms with Gasteiger partial charge in [0.2, 0.25) is 5.78 Å². The van der Waals surface area contributed by atoms with Gasteiger partial charge in [0, 0.05) is 18.7 Å². The summed E-state index contributed by atoms with van der Waals surface area (Å²) in [5.74, 6) is -3.18. The third-order valence-electron chi connectivity index (χ3n) is 3.92. The van der Waals surface area contributed by atoms with E-state index in [1.165, 1.54) is 25.7 Å². The van der Waals surface area contributed by atoms with Gasteiger partial charge in [-0.1, -0.05) is 0 Å². The Bertz CT molecular complexity index is 606. The number of hydrogen-bond donors (Lipinski definition) is 0. The molecule has 8 heteroatoms. The number of rotatable bonds is 7. The van der Waals surface area contributed by atoms with Gasteiger partial charge in [-0.2, -0.15) is 0 Å². The molecule has 1 rings (SSSR count). The van der Waals surface area contributed by atoms with Crippen molar-refractivity contribution in [1.82, 2.24) is 4.90 Å². The lowest BCUT2D eigenvalue weighted by molar-refractivity contribution is -0.154. The Kier molecular flexibility index (Phi) is 7.02. The maximum Gasteiger partial charge on any atom is 0.331 e. The largest absolute Gasteiger partial charge is 0.466 e. The van der Waals surface area contributed by atoms with Crippen LogP contribution in [0.2, 0.25) is 0 Å². The van der Waals surface area contributed by atoms with Crippen LogP contribution >= 0.6 is 0 Å². The average Bonchev–Trinajstić information content (AvgIpc) is 3.06. The Morgan fingerprint density at radius 1 is 1.12 bits per heavy atom. The summed E-state index contributed by atoms with van der Waals surface area (Å²) in [6.07, 6.45) is 2.98. The molecule has 8 nitrogen and oxygen atoms in total. The van der Waals surface area contributed by atoms with Gasteiger partial charge < -0.3 is 14.4 Å². The zero-order chi connectivity index (χ0) is 19.2. The summed E-state index contributed by atoms with van der Waals surface area (Å²) in [7, 11) is 1.16. The van der Waals surface area contributed by atoms with E-state index < -0.39 is 35.1 Å². The average molecular weight is 353 g/mol. The number of methoxy groups -OCH3 is 1. The second kappa shape index (κ2) is 8.55. The van der Waals surface area contributed by atoms with Gasteiger partial charge in [0.15, 0.2) is 5.78 Å². The summed E-state index contributed by atoms with van der Waals surface area (Å²) in [5, 5.41) is 0. The van der Waals surface area contributed by atoms with Gasteiger partial charge in [0.1, 0.15) is 6.61 Å². The van der Waals surface area contributed by atoms with Crippen molar-refractivity contribution < 1.29 is 33.4 Å². The highest BCUT2D eigenvalue weighted by Gasteiger charge is 2.41. The van der Waals surface area contributed by atoms with E-state index in [4.69, 9.17) is 4.74 Å². The van der Waals surface area contributed by atoms with Crippen LogP contribution in [0.4, 0.5) is 0 Å². The van der Waals surface area contributed by atoms with Crippen molar-refractivity contribution >= 4 is 29.4 Å². The van der Waals surface area contributed by atoms with E-state index >= 15 is 0 Å². The molecule has 0 radical (unpaired) electrons. The van der Waals surface area contributed by atoms with Gasteiger partial charge in [-0.25, -0.2) is 9.59 Å². The van der Waals surface area contributed by atoms with Crippen LogP contribution in [0.15, 0.2) is 12.2 Å². The molecule has 1 amide bonds. The Hall–Kier alpha value is -2.51. The Morgan fingerprint density at radius 2 is 1.72 bits per heavy atom. The van der Waals surface area contributed by atoms with E-state index in [2.05, 4.69) is 4.74 Å². The molecule has 0 unspecified atom stereocenters. The normalized spacial score (nSPS) is 17.4. The minimum absolute atomic E-state index is 0.157. The Morgan fingerprint density at radius 3 is 2.28 bits per heavy atom. The van der Waals surface area contributed by atoms with Crippen LogP contribution in [0.1, 0.15) is 33.6 Å². The summed E-state index contributed by atoms with van der Waals surface area (Å²) in [6, 6.07) is -0.571. The highest BCUT2D eigenvalue weighted by Crippen LogP contribution is 2.24. The van der Waals surface area contributed by atoms with Gasteiger partial charge in [-0.3, -0.25) is 14.4 Å². The third-order valence-corrected chi connectivity index (χ3v) is 3.92. The third kappa shape index (κ3) is 5.51. The first-order valence-corrected chi connectivity index (χ1v) is 7.88. The monoisotopic (exact) mass is 353 g/mol. The van der Waals surface area contributed by atoms with E-state index in [1.54, 1.807) is 0 Å². The number of ether oxygens (including phenoxy) is 2. The van der Waals surface area contributed by atoms with Crippen molar-refractivity contribution in [3.8, 4) is 0 Å². The highest BCUT2D eigenvalue weighted by atomic mass is 16.5. The summed E-state index contributed by atoms with van der Waals surface area (Å²) in [6.45, 7) is 4.36. The number of carbonyl (C=O) groups excluding carboxylic acids is 5. The molecule has 1 heterocycles. The van der Waals surface area contributed by atoms with E-state index in [-0.39, 0.29) is 12.4 Å². The zero-order valence-corrected chi connectivity index (χ0v) is 14.9. The number of likely N-dealkylation sites (tertiary alicyclic amines) is 1. The minimum Gasteiger partial charge on any atom is -0.466 e. The number of hydrogen-bond acceptors (Lipinski definition) is 7. The fraction of sp³-hybridized carbons (Fsp3) is 0.588. The van der Waals surface area contributed by atoms with Crippen LogP contribution in [0, 0.1) is 5.41 Å². The molecule has 0 spiro atoms. The summed E-state index contributed by atoms with van der Waals surface area (Å²) < 4.78 is 9.25. The van der Waals surface area contributed by atoms with Gasteiger partial charge in [0.25, 0.3) is 5.91 Å². The van der Waals surface area contributed by atoms with E-state index in [9.17, 15) is 24.0 Å². The molecular formula is C17H23NO7. The molecule has 0 aromatic carbocycles. The van der Waals surface area contributed by atoms with Gasteiger partial charge in [0.05, 0.1) is 18.6 Å². The number of Topliss-reactive ketones (excluding diaryl/α,β-unsaturated/α-hetero) is 2. The fourth-order valence-electron chi connectivity index (χ4n) is 2.42. The quantitative estimate of drug-likeness (QED) is 0.371. The molecule has 138 valence electrons. The molecule has 0 aromatic rings. The predicted octanol–water partition coefficient (Wildman–Crippen LogP) is 0.434. The molecular weight excluding hydrogens is 330 g/mol. The highest BCUT2D eigenvalue weighted by molar-refractivity contribution is 6.38. The fourth-order valence-corrected chi connectivity index (χ4v) is 2.42. The van der Waals surface area contributed by atoms with Crippen molar-refractivity contribution in [2.45, 2.75) is 39.7 Å². The molecule has 0 aromatic heterocycles. The Balaban J connectivity index is 2.68. The van der Waals surface area contributed by atoms with Crippen molar-refractivity contribution in [2.24, 2.45) is 5.41 Å². The molecule has 0 bridgehead atoms. The van der Waals surface area contributed by atoms with Crippen LogP contribution in [0.3, 0.4) is 0 Å². The molecule has 1 fully saturated rings. The smallest absolute Gasteiger partial charge is 0.331 e. The zero-order valence-electron chi connectivity index (χ0n) is 14.9. The van der Waals surface area contributed by atoms with Crippen molar-refractivity contribution in [3.05, 3.63) is 12.2 Å². The lowest BCUT2D eigenvalue weighted by Crippen LogP contribution is -2.48. The molecule has 25 heavy (non-hydrogen) atoms. The molecule has 1 atom stereocenters. The first-order valence-electron chi connectivity index (χ1n) is 7.88. The number of carbonyl (C=O) groups is 5. The Labute approximate surface area is 146 Å². The van der Waals surface area contributed by atoms with E-state index in [0.29, 0.717) is 19.4 Å². The lowest BCUT2D eigenvalue weighted by atomic mass is 9.88. The summed E-state index contributed by atoms with van der Waals surface area (Å²) >= 11 is 0. The van der Waals surface area contributed by atoms with E-state index in [1.807, 2.05) is 0 Å². The number of ketones is 2. The lowest BCUT2D eigenvalue weighted by Gasteiger charge is -2.27. The van der Waals surface area contributed by atoms with Crippen LogP contribution in [0.25, 0.3) is 0 Å². The van der Waals surface area contributed by atoms with Crippen molar-refractivity contribution in [3.63, 3.8) is 0 Å². The van der Waals surface area contributed by atoms with Crippen LogP contribution in [-0.4, -0.2) is 60.6 Å². The molecule has 1 saturated heterocycles. The second-order valence-corrected chi connectivity index (χ2v) is 6.44.